The van der Waals surface area contributed by atoms with Gasteiger partial charge in [-0.25, -0.2) is 9.59 Å². The van der Waals surface area contributed by atoms with Crippen molar-refractivity contribution in [3.05, 3.63) is 12.2 Å². The van der Waals surface area contributed by atoms with Crippen LogP contribution in [0.5, 0.6) is 0 Å². The van der Waals surface area contributed by atoms with E-state index in [0.29, 0.717) is 6.42 Å². The molecule has 1 aliphatic rings. The highest BCUT2D eigenvalue weighted by Crippen LogP contribution is 2.22. The molecule has 0 aromatic heterocycles. The number of ether oxygens (including phenoxy) is 1. The fourth-order valence-corrected chi connectivity index (χ4v) is 2.86. The summed E-state index contributed by atoms with van der Waals surface area (Å²) < 4.78 is 4.90. The van der Waals surface area contributed by atoms with E-state index in [1.165, 1.54) is 0 Å². The second-order valence-corrected chi connectivity index (χ2v) is 6.11. The monoisotopic (exact) mass is 315 g/mol. The van der Waals surface area contributed by atoms with Gasteiger partial charge >= 0.3 is 11.9 Å². The number of carbonyl (C=O) groups excluding carboxylic acids is 2. The van der Waals surface area contributed by atoms with Crippen LogP contribution in [0, 0.1) is 11.8 Å². The molecule has 0 aromatic carbocycles. The van der Waals surface area contributed by atoms with Crippen LogP contribution in [0.25, 0.3) is 0 Å². The zero-order chi connectivity index (χ0) is 15.8. The van der Waals surface area contributed by atoms with Gasteiger partial charge < -0.3 is 14.7 Å². The molecule has 1 saturated heterocycles. The lowest BCUT2D eigenvalue weighted by atomic mass is 9.92. The Morgan fingerprint density at radius 1 is 1.33 bits per heavy atom. The van der Waals surface area contributed by atoms with Gasteiger partial charge in [0.2, 0.25) is 5.91 Å². The van der Waals surface area contributed by atoms with Crippen LogP contribution in [0.15, 0.2) is 12.2 Å². The lowest BCUT2D eigenvalue weighted by molar-refractivity contribution is -0.139. The Morgan fingerprint density at radius 2 is 2.05 bits per heavy atom. The zero-order valence-corrected chi connectivity index (χ0v) is 13.1. The number of rotatable bonds is 7. The molecule has 0 spiro atoms. The molecule has 21 heavy (non-hydrogen) atoms. The Kier molecular flexibility index (Phi) is 7.28. The SMILES string of the molecule is CC(CCOC(=O)/C=C/C(=O)O)[C@H](C)C(=O)N1CCSC1. The molecule has 1 fully saturated rings. The van der Waals surface area contributed by atoms with E-state index in [0.717, 1.165) is 30.3 Å². The van der Waals surface area contributed by atoms with Gasteiger partial charge in [0.05, 0.1) is 12.5 Å². The lowest BCUT2D eigenvalue weighted by Crippen LogP contribution is -2.35. The normalized spacial score (nSPS) is 17.7. The molecular weight excluding hydrogens is 294 g/mol. The molecule has 6 nitrogen and oxygen atoms in total. The number of thioether (sulfide) groups is 1. The predicted octanol–water partition coefficient (Wildman–Crippen LogP) is 1.37. The molecule has 1 unspecified atom stereocenters. The molecule has 0 bridgehead atoms. The van der Waals surface area contributed by atoms with Crippen molar-refractivity contribution in [2.45, 2.75) is 20.3 Å². The number of amides is 1. The van der Waals surface area contributed by atoms with Gasteiger partial charge in [-0.2, -0.15) is 0 Å². The van der Waals surface area contributed by atoms with E-state index in [9.17, 15) is 14.4 Å². The van der Waals surface area contributed by atoms with Crippen molar-refractivity contribution in [3.63, 3.8) is 0 Å². The Bertz CT molecular complexity index is 418. The van der Waals surface area contributed by atoms with Crippen LogP contribution in [0.2, 0.25) is 0 Å². The molecule has 1 N–H and O–H groups in total. The number of hydrogen-bond donors (Lipinski definition) is 1. The van der Waals surface area contributed by atoms with Gasteiger partial charge in [0.1, 0.15) is 0 Å². The maximum atomic E-state index is 12.2. The highest BCUT2D eigenvalue weighted by Gasteiger charge is 2.27. The lowest BCUT2D eigenvalue weighted by Gasteiger charge is -2.24. The zero-order valence-electron chi connectivity index (χ0n) is 12.3. The van der Waals surface area contributed by atoms with Crippen molar-refractivity contribution in [1.82, 2.24) is 4.90 Å². The van der Waals surface area contributed by atoms with Gasteiger partial charge in [0.15, 0.2) is 0 Å². The maximum absolute atomic E-state index is 12.2. The number of esters is 1. The Labute approximate surface area is 128 Å². The third-order valence-corrected chi connectivity index (χ3v) is 4.45. The number of carbonyl (C=O) groups is 3. The summed E-state index contributed by atoms with van der Waals surface area (Å²) in [7, 11) is 0. The molecule has 118 valence electrons. The number of carboxylic acid groups (broad SMARTS) is 1. The fourth-order valence-electron chi connectivity index (χ4n) is 1.90. The summed E-state index contributed by atoms with van der Waals surface area (Å²) >= 11 is 1.75. The van der Waals surface area contributed by atoms with Gasteiger partial charge in [-0.05, 0) is 12.3 Å². The molecule has 1 aliphatic heterocycles. The van der Waals surface area contributed by atoms with Crippen LogP contribution in [0.4, 0.5) is 0 Å². The van der Waals surface area contributed by atoms with Crippen LogP contribution in [0.3, 0.4) is 0 Å². The third kappa shape index (κ3) is 6.20. The quantitative estimate of drug-likeness (QED) is 0.564. The smallest absolute Gasteiger partial charge is 0.331 e. The van der Waals surface area contributed by atoms with Crippen molar-refractivity contribution < 1.29 is 24.2 Å². The Hall–Kier alpha value is -1.50. The third-order valence-electron chi connectivity index (χ3n) is 3.49. The van der Waals surface area contributed by atoms with E-state index in [2.05, 4.69) is 0 Å². The Balaban J connectivity index is 2.29. The summed E-state index contributed by atoms with van der Waals surface area (Å²) in [6.07, 6.45) is 2.19. The maximum Gasteiger partial charge on any atom is 0.331 e. The molecule has 7 heteroatoms. The van der Waals surface area contributed by atoms with Crippen molar-refractivity contribution in [2.75, 3.05) is 24.8 Å². The molecule has 2 atom stereocenters. The highest BCUT2D eigenvalue weighted by molar-refractivity contribution is 7.99. The number of aliphatic carboxylic acids is 1. The first-order valence-corrected chi connectivity index (χ1v) is 8.01. The molecular formula is C14H21NO5S. The number of carboxylic acids is 1. The second kappa shape index (κ2) is 8.71. The van der Waals surface area contributed by atoms with E-state index < -0.39 is 11.9 Å². The first-order valence-electron chi connectivity index (χ1n) is 6.86. The molecule has 1 heterocycles. The van der Waals surface area contributed by atoms with Crippen LogP contribution in [0.1, 0.15) is 20.3 Å². The summed E-state index contributed by atoms with van der Waals surface area (Å²) in [5, 5.41) is 8.38. The van der Waals surface area contributed by atoms with Crippen LogP contribution in [-0.4, -0.2) is 52.6 Å². The summed E-state index contributed by atoms with van der Waals surface area (Å²) in [6.45, 7) is 4.82. The van der Waals surface area contributed by atoms with E-state index in [1.54, 1.807) is 11.8 Å². The minimum Gasteiger partial charge on any atom is -0.478 e. The summed E-state index contributed by atoms with van der Waals surface area (Å²) in [5.74, 6) is -0.00550. The van der Waals surface area contributed by atoms with E-state index in [1.807, 2.05) is 18.7 Å². The van der Waals surface area contributed by atoms with Crippen molar-refractivity contribution >= 4 is 29.6 Å². The fraction of sp³-hybridized carbons (Fsp3) is 0.643. The molecule has 0 aliphatic carbocycles. The number of hydrogen-bond acceptors (Lipinski definition) is 5. The van der Waals surface area contributed by atoms with Crippen LogP contribution < -0.4 is 0 Å². The molecule has 1 amide bonds. The topological polar surface area (TPSA) is 83.9 Å². The molecule has 0 aromatic rings. The largest absolute Gasteiger partial charge is 0.478 e. The van der Waals surface area contributed by atoms with E-state index in [4.69, 9.17) is 9.84 Å². The summed E-state index contributed by atoms with van der Waals surface area (Å²) in [6, 6.07) is 0. The molecule has 0 saturated carbocycles. The second-order valence-electron chi connectivity index (χ2n) is 5.03. The van der Waals surface area contributed by atoms with E-state index in [-0.39, 0.29) is 24.3 Å². The molecule has 0 radical (unpaired) electrons. The van der Waals surface area contributed by atoms with Crippen LogP contribution >= 0.6 is 11.8 Å². The highest BCUT2D eigenvalue weighted by atomic mass is 32.2. The van der Waals surface area contributed by atoms with E-state index >= 15 is 0 Å². The average molecular weight is 315 g/mol. The van der Waals surface area contributed by atoms with Crippen molar-refractivity contribution in [3.8, 4) is 0 Å². The molecule has 1 rings (SSSR count). The standard InChI is InChI=1S/C14H21NO5S/c1-10(5-7-20-13(18)4-3-12(16)17)11(2)14(19)15-6-8-21-9-15/h3-4,10-11H,5-9H2,1-2H3,(H,16,17)/b4-3+/t10?,11-/m0/s1. The first kappa shape index (κ1) is 17.6. The summed E-state index contributed by atoms with van der Waals surface area (Å²) in [5.41, 5.74) is 0. The van der Waals surface area contributed by atoms with Crippen LogP contribution in [-0.2, 0) is 19.1 Å². The van der Waals surface area contributed by atoms with Gasteiger partial charge in [0.25, 0.3) is 0 Å². The van der Waals surface area contributed by atoms with Gasteiger partial charge in [0, 0.05) is 30.4 Å². The average Bonchev–Trinajstić information content (AvgIpc) is 2.97. The Morgan fingerprint density at radius 3 is 2.62 bits per heavy atom. The summed E-state index contributed by atoms with van der Waals surface area (Å²) in [4.78, 5) is 35.5. The van der Waals surface area contributed by atoms with Crippen molar-refractivity contribution in [2.24, 2.45) is 11.8 Å². The predicted molar refractivity (Wildman–Crippen MR) is 79.7 cm³/mol. The minimum atomic E-state index is -1.19. The number of nitrogens with zero attached hydrogens (tertiary/aromatic N) is 1. The van der Waals surface area contributed by atoms with Gasteiger partial charge in [-0.1, -0.05) is 13.8 Å². The van der Waals surface area contributed by atoms with Crippen molar-refractivity contribution in [1.29, 1.82) is 0 Å². The van der Waals surface area contributed by atoms with Gasteiger partial charge in [-0.3, -0.25) is 4.79 Å². The first-order chi connectivity index (χ1) is 9.91. The van der Waals surface area contributed by atoms with Gasteiger partial charge in [-0.15, -0.1) is 11.8 Å². The minimum absolute atomic E-state index is 0.0966.